The predicted molar refractivity (Wildman–Crippen MR) is 114 cm³/mol. The van der Waals surface area contributed by atoms with Crippen molar-refractivity contribution in [1.82, 2.24) is 14.6 Å². The molecule has 0 fully saturated rings. The van der Waals surface area contributed by atoms with E-state index in [0.29, 0.717) is 22.3 Å². The molecule has 3 rings (SSSR count). The maximum absolute atomic E-state index is 6.41. The summed E-state index contributed by atoms with van der Waals surface area (Å²) in [6.45, 7) is 6.11. The monoisotopic (exact) mass is 403 g/mol. The molecular weight excluding hydrogens is 378 g/mol. The Morgan fingerprint density at radius 3 is 2.46 bits per heavy atom. The van der Waals surface area contributed by atoms with E-state index in [1.165, 1.54) is 0 Å². The zero-order chi connectivity index (χ0) is 20.1. The Balaban J connectivity index is 2.12. The molecule has 150 valence electrons. The Morgan fingerprint density at radius 2 is 1.86 bits per heavy atom. The fourth-order valence-corrected chi connectivity index (χ4v) is 3.39. The van der Waals surface area contributed by atoms with Crippen molar-refractivity contribution < 1.29 is 9.47 Å². The van der Waals surface area contributed by atoms with Gasteiger partial charge in [-0.3, -0.25) is 0 Å². The molecule has 0 radical (unpaired) electrons. The third-order valence-electron chi connectivity index (χ3n) is 4.39. The number of nitrogens with one attached hydrogen (secondary N) is 1. The van der Waals surface area contributed by atoms with Crippen LogP contribution in [-0.2, 0) is 0 Å². The van der Waals surface area contributed by atoms with Gasteiger partial charge in [0, 0.05) is 25.2 Å². The zero-order valence-corrected chi connectivity index (χ0v) is 17.5. The number of hydrogen-bond acceptors (Lipinski definition) is 6. The van der Waals surface area contributed by atoms with Crippen molar-refractivity contribution in [3.05, 3.63) is 35.5 Å². The van der Waals surface area contributed by atoms with Crippen molar-refractivity contribution in [2.24, 2.45) is 0 Å². The molecule has 8 heteroatoms. The van der Waals surface area contributed by atoms with Crippen molar-refractivity contribution in [3.63, 3.8) is 0 Å². The summed E-state index contributed by atoms with van der Waals surface area (Å²) in [5, 5.41) is 8.32. The highest BCUT2D eigenvalue weighted by molar-refractivity contribution is 6.33. The van der Waals surface area contributed by atoms with Crippen LogP contribution < -0.4 is 19.7 Å². The number of benzene rings is 1. The van der Waals surface area contributed by atoms with Gasteiger partial charge in [0.05, 0.1) is 31.1 Å². The number of fused-ring (bicyclic) bond motifs is 1. The predicted octanol–water partition coefficient (Wildman–Crippen LogP) is 4.77. The number of aromatic nitrogens is 3. The van der Waals surface area contributed by atoms with Crippen molar-refractivity contribution in [2.45, 2.75) is 26.7 Å². The summed E-state index contributed by atoms with van der Waals surface area (Å²) >= 11 is 6.41. The van der Waals surface area contributed by atoms with Gasteiger partial charge in [0.2, 0.25) is 5.75 Å². The van der Waals surface area contributed by atoms with E-state index in [2.05, 4.69) is 29.2 Å². The maximum Gasteiger partial charge on any atom is 0.204 e. The number of hydrogen-bond donors (Lipinski definition) is 1. The topological polar surface area (TPSA) is 63.9 Å². The largest absolute Gasteiger partial charge is 0.497 e. The molecule has 0 unspecified atom stereocenters. The lowest BCUT2D eigenvalue weighted by atomic mass is 10.3. The van der Waals surface area contributed by atoms with Gasteiger partial charge in [-0.25, -0.2) is 4.98 Å². The molecule has 3 aromatic rings. The summed E-state index contributed by atoms with van der Waals surface area (Å²) in [6, 6.07) is 7.34. The lowest BCUT2D eigenvalue weighted by Gasteiger charge is -2.27. The normalized spacial score (nSPS) is 10.9. The lowest BCUT2D eigenvalue weighted by molar-refractivity contribution is 0.411. The van der Waals surface area contributed by atoms with Gasteiger partial charge in [-0.15, -0.1) is 0 Å². The van der Waals surface area contributed by atoms with Crippen LogP contribution in [0.5, 0.6) is 11.5 Å². The molecular formula is C20H26ClN5O2. The molecule has 28 heavy (non-hydrogen) atoms. The Bertz CT molecular complexity index is 938. The summed E-state index contributed by atoms with van der Waals surface area (Å²) in [5.41, 5.74) is 1.46. The third kappa shape index (κ3) is 3.94. The summed E-state index contributed by atoms with van der Waals surface area (Å²) < 4.78 is 12.8. The second-order valence-corrected chi connectivity index (χ2v) is 6.78. The van der Waals surface area contributed by atoms with Gasteiger partial charge in [0.15, 0.2) is 17.3 Å². The highest BCUT2D eigenvalue weighted by Crippen LogP contribution is 2.38. The van der Waals surface area contributed by atoms with Crippen LogP contribution >= 0.6 is 11.6 Å². The lowest BCUT2D eigenvalue weighted by Crippen LogP contribution is -2.28. The molecule has 1 N–H and O–H groups in total. The summed E-state index contributed by atoms with van der Waals surface area (Å²) in [6.07, 6.45) is 3.77. The molecule has 2 aromatic heterocycles. The van der Waals surface area contributed by atoms with Gasteiger partial charge in [0.1, 0.15) is 5.75 Å². The van der Waals surface area contributed by atoms with Crippen LogP contribution in [0.15, 0.2) is 30.5 Å². The molecule has 0 amide bonds. The molecule has 2 heterocycles. The van der Waals surface area contributed by atoms with E-state index in [1.807, 2.05) is 22.7 Å². The first-order chi connectivity index (χ1) is 13.6. The van der Waals surface area contributed by atoms with E-state index < -0.39 is 0 Å². The van der Waals surface area contributed by atoms with Crippen LogP contribution in [0.1, 0.15) is 26.7 Å². The van der Waals surface area contributed by atoms with Gasteiger partial charge in [0.25, 0.3) is 0 Å². The molecule has 0 spiro atoms. The minimum Gasteiger partial charge on any atom is -0.497 e. The molecule has 0 saturated heterocycles. The number of ether oxygens (including phenoxy) is 2. The van der Waals surface area contributed by atoms with E-state index in [1.54, 1.807) is 26.5 Å². The summed E-state index contributed by atoms with van der Waals surface area (Å²) in [5.74, 6) is 2.80. The van der Waals surface area contributed by atoms with Crippen molar-refractivity contribution in [3.8, 4) is 11.5 Å². The van der Waals surface area contributed by atoms with E-state index in [-0.39, 0.29) is 0 Å². The van der Waals surface area contributed by atoms with Crippen LogP contribution in [0, 0.1) is 0 Å². The first-order valence-corrected chi connectivity index (χ1v) is 9.77. The SMILES string of the molecule is CCCN(CCC)c1c(OC)c(Nc2ccc(OC)cc2Cl)nc2ccnn12. The highest BCUT2D eigenvalue weighted by Gasteiger charge is 2.22. The van der Waals surface area contributed by atoms with Crippen molar-refractivity contribution in [2.75, 3.05) is 37.5 Å². The van der Waals surface area contributed by atoms with E-state index in [0.717, 1.165) is 43.1 Å². The third-order valence-corrected chi connectivity index (χ3v) is 4.70. The number of nitrogens with zero attached hydrogens (tertiary/aromatic N) is 4. The standard InChI is InChI=1S/C20H26ClN5O2/c1-5-11-25(12-6-2)20-18(28-4)19(24-17-9-10-22-26(17)20)23-16-8-7-14(27-3)13-15(16)21/h7-10,13H,5-6,11-12H2,1-4H3,(H,23,24). The minimum absolute atomic E-state index is 0.539. The Morgan fingerprint density at radius 1 is 1.11 bits per heavy atom. The van der Waals surface area contributed by atoms with Gasteiger partial charge in [-0.2, -0.15) is 9.61 Å². The van der Waals surface area contributed by atoms with Crippen LogP contribution in [0.2, 0.25) is 5.02 Å². The molecule has 0 bridgehead atoms. The average Bonchev–Trinajstić information content (AvgIpc) is 3.16. The second-order valence-electron chi connectivity index (χ2n) is 6.38. The Labute approximate surface area is 170 Å². The second kappa shape index (κ2) is 9.01. The van der Waals surface area contributed by atoms with Gasteiger partial charge in [-0.1, -0.05) is 25.4 Å². The highest BCUT2D eigenvalue weighted by atomic mass is 35.5. The summed E-state index contributed by atoms with van der Waals surface area (Å²) in [7, 11) is 3.26. The first kappa shape index (κ1) is 20.1. The Kier molecular flexibility index (Phi) is 6.46. The van der Waals surface area contributed by atoms with Crippen LogP contribution in [0.3, 0.4) is 0 Å². The molecule has 0 atom stereocenters. The smallest absolute Gasteiger partial charge is 0.204 e. The van der Waals surface area contributed by atoms with Crippen LogP contribution in [0.4, 0.5) is 17.3 Å². The number of anilines is 3. The van der Waals surface area contributed by atoms with Crippen molar-refractivity contribution in [1.29, 1.82) is 0 Å². The van der Waals surface area contributed by atoms with Crippen LogP contribution in [-0.4, -0.2) is 41.9 Å². The molecule has 7 nitrogen and oxygen atoms in total. The quantitative estimate of drug-likeness (QED) is 0.555. The van der Waals surface area contributed by atoms with Crippen molar-refractivity contribution >= 4 is 34.6 Å². The van der Waals surface area contributed by atoms with Gasteiger partial charge < -0.3 is 19.7 Å². The van der Waals surface area contributed by atoms with E-state index in [4.69, 9.17) is 26.1 Å². The number of halogens is 1. The number of methoxy groups -OCH3 is 2. The molecule has 0 aliphatic rings. The zero-order valence-electron chi connectivity index (χ0n) is 16.7. The van der Waals surface area contributed by atoms with Gasteiger partial charge >= 0.3 is 0 Å². The fraction of sp³-hybridized carbons (Fsp3) is 0.400. The fourth-order valence-electron chi connectivity index (χ4n) is 3.18. The molecule has 1 aromatic carbocycles. The van der Waals surface area contributed by atoms with E-state index in [9.17, 15) is 0 Å². The maximum atomic E-state index is 6.41. The molecule has 0 aliphatic heterocycles. The number of rotatable bonds is 9. The van der Waals surface area contributed by atoms with E-state index >= 15 is 0 Å². The Hall–Kier alpha value is -2.67. The summed E-state index contributed by atoms with van der Waals surface area (Å²) in [4.78, 5) is 6.98. The van der Waals surface area contributed by atoms with Gasteiger partial charge in [-0.05, 0) is 25.0 Å². The first-order valence-electron chi connectivity index (χ1n) is 9.40. The van der Waals surface area contributed by atoms with Crippen LogP contribution in [0.25, 0.3) is 5.65 Å². The minimum atomic E-state index is 0.539. The molecule has 0 aliphatic carbocycles. The average molecular weight is 404 g/mol. The molecule has 0 saturated carbocycles.